The maximum Gasteiger partial charge on any atom is 0.335 e. The number of halogens is 1. The highest BCUT2D eigenvalue weighted by molar-refractivity contribution is 6.29. The third kappa shape index (κ3) is 3.86. The third-order valence-corrected chi connectivity index (χ3v) is 3.17. The zero-order chi connectivity index (χ0) is 15.4. The fourth-order valence-electron chi connectivity index (χ4n) is 1.93. The van der Waals surface area contributed by atoms with E-state index in [9.17, 15) is 4.79 Å². The monoisotopic (exact) mass is 306 g/mol. The lowest BCUT2D eigenvalue weighted by atomic mass is 10.2. The molecule has 0 aliphatic carbocycles. The van der Waals surface area contributed by atoms with E-state index in [1.165, 1.54) is 12.1 Å². The minimum absolute atomic E-state index is 0.113. The first-order valence-electron chi connectivity index (χ1n) is 6.24. The molecule has 1 N–H and O–H groups in total. The Balaban J connectivity index is 2.23. The number of ether oxygens (including phenoxy) is 1. The summed E-state index contributed by atoms with van der Waals surface area (Å²) in [6, 6.07) is 10.5. The number of anilines is 1. The number of methoxy groups -OCH3 is 1. The van der Waals surface area contributed by atoms with Gasteiger partial charge in [0.1, 0.15) is 16.7 Å². The van der Waals surface area contributed by atoms with Gasteiger partial charge in [-0.25, -0.2) is 9.78 Å². The summed E-state index contributed by atoms with van der Waals surface area (Å²) in [5.74, 6) is 0.240. The van der Waals surface area contributed by atoms with Gasteiger partial charge in [-0.05, 0) is 29.8 Å². The van der Waals surface area contributed by atoms with E-state index in [1.807, 2.05) is 36.2 Å². The molecule has 0 saturated carbocycles. The van der Waals surface area contributed by atoms with Crippen molar-refractivity contribution in [3.8, 4) is 5.75 Å². The van der Waals surface area contributed by atoms with Crippen molar-refractivity contribution in [2.45, 2.75) is 6.54 Å². The minimum atomic E-state index is -1.03. The molecule has 0 aliphatic heterocycles. The molecular formula is C15H15ClN2O3. The standard InChI is InChI=1S/C15H15ClN2O3/c1-18(9-10-4-3-5-12(6-10)21-2)14-8-11(15(19)20)7-13(16)17-14/h3-8H,9H2,1-2H3,(H,19,20). The van der Waals surface area contributed by atoms with Crippen LogP contribution in [-0.4, -0.2) is 30.2 Å². The summed E-state index contributed by atoms with van der Waals surface area (Å²) in [5, 5.41) is 9.21. The second kappa shape index (κ2) is 6.45. The largest absolute Gasteiger partial charge is 0.497 e. The number of carboxylic acid groups (broad SMARTS) is 1. The summed E-state index contributed by atoms with van der Waals surface area (Å²) in [6.07, 6.45) is 0. The van der Waals surface area contributed by atoms with Crippen LogP contribution in [0.3, 0.4) is 0 Å². The molecule has 21 heavy (non-hydrogen) atoms. The molecule has 1 heterocycles. The number of carbonyl (C=O) groups is 1. The Bertz CT molecular complexity index is 661. The molecule has 0 bridgehead atoms. The van der Waals surface area contributed by atoms with Crippen LogP contribution in [0, 0.1) is 0 Å². The van der Waals surface area contributed by atoms with Crippen molar-refractivity contribution in [3.63, 3.8) is 0 Å². The van der Waals surface area contributed by atoms with Gasteiger partial charge in [-0.1, -0.05) is 23.7 Å². The van der Waals surface area contributed by atoms with E-state index in [0.29, 0.717) is 12.4 Å². The average Bonchev–Trinajstić information content (AvgIpc) is 2.46. The van der Waals surface area contributed by atoms with Crippen LogP contribution in [0.5, 0.6) is 5.75 Å². The number of aromatic nitrogens is 1. The number of hydrogen-bond acceptors (Lipinski definition) is 4. The smallest absolute Gasteiger partial charge is 0.335 e. The molecule has 0 spiro atoms. The van der Waals surface area contributed by atoms with Gasteiger partial charge >= 0.3 is 5.97 Å². The van der Waals surface area contributed by atoms with E-state index >= 15 is 0 Å². The summed E-state index contributed by atoms with van der Waals surface area (Å²) in [4.78, 5) is 17.0. The van der Waals surface area contributed by atoms with Gasteiger partial charge in [0.15, 0.2) is 0 Å². The topological polar surface area (TPSA) is 62.7 Å². The van der Waals surface area contributed by atoms with Crippen LogP contribution in [0.1, 0.15) is 15.9 Å². The van der Waals surface area contributed by atoms with E-state index < -0.39 is 5.97 Å². The average molecular weight is 307 g/mol. The van der Waals surface area contributed by atoms with E-state index in [0.717, 1.165) is 11.3 Å². The number of carboxylic acids is 1. The van der Waals surface area contributed by atoms with Gasteiger partial charge in [-0.2, -0.15) is 0 Å². The fourth-order valence-corrected chi connectivity index (χ4v) is 2.13. The molecule has 110 valence electrons. The van der Waals surface area contributed by atoms with Gasteiger partial charge < -0.3 is 14.7 Å². The second-order valence-electron chi connectivity index (χ2n) is 4.55. The van der Waals surface area contributed by atoms with Gasteiger partial charge in [0.2, 0.25) is 0 Å². The molecule has 0 fully saturated rings. The van der Waals surface area contributed by atoms with Crippen molar-refractivity contribution >= 4 is 23.4 Å². The van der Waals surface area contributed by atoms with E-state index in [1.54, 1.807) is 7.11 Å². The van der Waals surface area contributed by atoms with Crippen LogP contribution in [0.25, 0.3) is 0 Å². The molecule has 5 nitrogen and oxygen atoms in total. The van der Waals surface area contributed by atoms with Gasteiger partial charge in [-0.3, -0.25) is 0 Å². The van der Waals surface area contributed by atoms with E-state index in [-0.39, 0.29) is 10.7 Å². The summed E-state index contributed by atoms with van der Waals surface area (Å²) < 4.78 is 5.18. The quantitative estimate of drug-likeness (QED) is 0.860. The Labute approximate surface area is 127 Å². The maximum atomic E-state index is 11.0. The van der Waals surface area contributed by atoms with Gasteiger partial charge in [-0.15, -0.1) is 0 Å². The van der Waals surface area contributed by atoms with E-state index in [2.05, 4.69) is 4.98 Å². The van der Waals surface area contributed by atoms with Crippen LogP contribution in [-0.2, 0) is 6.54 Å². The Morgan fingerprint density at radius 3 is 2.81 bits per heavy atom. The molecule has 2 aromatic rings. The summed E-state index contributed by atoms with van der Waals surface area (Å²) in [5.41, 5.74) is 1.14. The number of nitrogens with zero attached hydrogens (tertiary/aromatic N) is 2. The van der Waals surface area contributed by atoms with E-state index in [4.69, 9.17) is 21.4 Å². The molecule has 0 atom stereocenters. The fraction of sp³-hybridized carbons (Fsp3) is 0.200. The van der Waals surface area contributed by atoms with Crippen molar-refractivity contribution in [1.29, 1.82) is 0 Å². The first kappa shape index (κ1) is 15.1. The van der Waals surface area contributed by atoms with Gasteiger partial charge in [0.25, 0.3) is 0 Å². The number of rotatable bonds is 5. The normalized spacial score (nSPS) is 10.2. The molecule has 6 heteroatoms. The van der Waals surface area contributed by atoms with Crippen LogP contribution >= 0.6 is 11.6 Å². The van der Waals surface area contributed by atoms with Crippen molar-refractivity contribution in [3.05, 3.63) is 52.7 Å². The number of aromatic carboxylic acids is 1. The molecule has 0 aliphatic rings. The Hall–Kier alpha value is -2.27. The highest BCUT2D eigenvalue weighted by atomic mass is 35.5. The Morgan fingerprint density at radius 1 is 1.38 bits per heavy atom. The zero-order valence-electron chi connectivity index (χ0n) is 11.7. The molecule has 0 amide bonds. The lowest BCUT2D eigenvalue weighted by Gasteiger charge is -2.19. The predicted molar refractivity (Wildman–Crippen MR) is 81.3 cm³/mol. The maximum absolute atomic E-state index is 11.0. The van der Waals surface area contributed by atoms with Crippen molar-refractivity contribution in [1.82, 2.24) is 4.98 Å². The number of benzene rings is 1. The highest BCUT2D eigenvalue weighted by Gasteiger charge is 2.11. The molecule has 2 rings (SSSR count). The molecule has 1 aromatic carbocycles. The predicted octanol–water partition coefficient (Wildman–Crippen LogP) is 3.08. The second-order valence-corrected chi connectivity index (χ2v) is 4.94. The van der Waals surface area contributed by atoms with Crippen LogP contribution < -0.4 is 9.64 Å². The van der Waals surface area contributed by atoms with Gasteiger partial charge in [0, 0.05) is 13.6 Å². The zero-order valence-corrected chi connectivity index (χ0v) is 12.5. The lowest BCUT2D eigenvalue weighted by Crippen LogP contribution is -2.18. The first-order chi connectivity index (χ1) is 9.99. The van der Waals surface area contributed by atoms with Crippen molar-refractivity contribution in [2.75, 3.05) is 19.1 Å². The number of pyridine rings is 1. The molecule has 0 saturated heterocycles. The third-order valence-electron chi connectivity index (χ3n) is 2.97. The Morgan fingerprint density at radius 2 is 2.14 bits per heavy atom. The molecule has 1 aromatic heterocycles. The van der Waals surface area contributed by atoms with Gasteiger partial charge in [0.05, 0.1) is 12.7 Å². The summed E-state index contributed by atoms with van der Waals surface area (Å²) >= 11 is 5.87. The van der Waals surface area contributed by atoms with Crippen molar-refractivity contribution < 1.29 is 14.6 Å². The molecular weight excluding hydrogens is 292 g/mol. The van der Waals surface area contributed by atoms with Crippen LogP contribution in [0.15, 0.2) is 36.4 Å². The number of hydrogen-bond donors (Lipinski definition) is 1. The summed E-state index contributed by atoms with van der Waals surface area (Å²) in [7, 11) is 3.43. The van der Waals surface area contributed by atoms with Crippen molar-refractivity contribution in [2.24, 2.45) is 0 Å². The first-order valence-corrected chi connectivity index (χ1v) is 6.62. The minimum Gasteiger partial charge on any atom is -0.497 e. The molecule has 0 radical (unpaired) electrons. The summed E-state index contributed by atoms with van der Waals surface area (Å²) in [6.45, 7) is 0.559. The SMILES string of the molecule is COc1cccc(CN(C)c2cc(C(=O)O)cc(Cl)n2)c1. The highest BCUT2D eigenvalue weighted by Crippen LogP contribution is 2.20. The molecule has 0 unspecified atom stereocenters. The van der Waals surface area contributed by atoms with Crippen LogP contribution in [0.4, 0.5) is 5.82 Å². The lowest BCUT2D eigenvalue weighted by molar-refractivity contribution is 0.0697. The van der Waals surface area contributed by atoms with Crippen LogP contribution in [0.2, 0.25) is 5.15 Å². The Kier molecular flexibility index (Phi) is 4.65.